The third kappa shape index (κ3) is 1.48. The van der Waals surface area contributed by atoms with Crippen LogP contribution in [0.2, 0.25) is 0 Å². The molecule has 0 N–H and O–H groups in total. The van der Waals surface area contributed by atoms with Crippen LogP contribution in [0, 0.1) is 0 Å². The number of hydrogen-bond donors (Lipinski definition) is 0. The van der Waals surface area contributed by atoms with Crippen molar-refractivity contribution in [3.63, 3.8) is 0 Å². The predicted molar refractivity (Wildman–Crippen MR) is 52.3 cm³/mol. The third-order valence-corrected chi connectivity index (χ3v) is 2.71. The van der Waals surface area contributed by atoms with E-state index < -0.39 is 0 Å². The molecular weight excluding hydrogens is 162 g/mol. The highest BCUT2D eigenvalue weighted by molar-refractivity contribution is 5.21. The molecule has 1 aromatic rings. The molecular formula is C10H17N3. The Morgan fingerprint density at radius 3 is 2.77 bits per heavy atom. The molecule has 0 amide bonds. The lowest BCUT2D eigenvalue weighted by Gasteiger charge is -2.19. The van der Waals surface area contributed by atoms with Gasteiger partial charge in [0.25, 0.3) is 0 Å². The molecule has 1 aromatic heterocycles. The minimum Gasteiger partial charge on any atom is -0.291 e. The first kappa shape index (κ1) is 8.75. The van der Waals surface area contributed by atoms with Gasteiger partial charge < -0.3 is 0 Å². The molecule has 0 atom stereocenters. The Kier molecular flexibility index (Phi) is 2.12. The maximum Gasteiger partial charge on any atom is 0.0809 e. The molecule has 2 rings (SSSR count). The van der Waals surface area contributed by atoms with Crippen LogP contribution in [0.25, 0.3) is 0 Å². The summed E-state index contributed by atoms with van der Waals surface area (Å²) < 4.78 is 2.03. The number of nitrogens with zero attached hydrogens (tertiary/aromatic N) is 3. The highest BCUT2D eigenvalue weighted by atomic mass is 15.3. The van der Waals surface area contributed by atoms with E-state index in [1.165, 1.54) is 11.3 Å². The van der Waals surface area contributed by atoms with Crippen molar-refractivity contribution in [3.8, 4) is 0 Å². The van der Waals surface area contributed by atoms with Crippen molar-refractivity contribution in [1.82, 2.24) is 14.7 Å². The topological polar surface area (TPSA) is 21.1 Å². The molecule has 1 aliphatic heterocycles. The highest BCUT2D eigenvalue weighted by Crippen LogP contribution is 2.22. The van der Waals surface area contributed by atoms with Gasteiger partial charge >= 0.3 is 0 Å². The van der Waals surface area contributed by atoms with Crippen LogP contribution in [0.1, 0.15) is 32.0 Å². The first-order chi connectivity index (χ1) is 6.20. The van der Waals surface area contributed by atoms with Crippen molar-refractivity contribution in [2.75, 3.05) is 0 Å². The molecule has 3 nitrogen and oxygen atoms in total. The molecule has 3 heteroatoms. The molecule has 1 aliphatic rings. The maximum atomic E-state index is 4.52. The summed E-state index contributed by atoms with van der Waals surface area (Å²) in [4.78, 5) is 2.44. The second-order valence-corrected chi connectivity index (χ2v) is 3.96. The average Bonchev–Trinajstić information content (AvgIpc) is 2.58. The molecule has 0 spiro atoms. The minimum absolute atomic E-state index is 0.629. The Morgan fingerprint density at radius 1 is 1.46 bits per heavy atom. The largest absolute Gasteiger partial charge is 0.291 e. The summed E-state index contributed by atoms with van der Waals surface area (Å²) in [6.45, 7) is 9.68. The molecule has 0 unspecified atom stereocenters. The Hall–Kier alpha value is -0.830. The zero-order valence-corrected chi connectivity index (χ0v) is 8.62. The molecule has 0 fully saturated rings. The van der Waals surface area contributed by atoms with Gasteiger partial charge in [-0.15, -0.1) is 0 Å². The number of aryl methyl sites for hydroxylation is 1. The molecule has 0 bridgehead atoms. The Bertz CT molecular complexity index is 278. The van der Waals surface area contributed by atoms with E-state index >= 15 is 0 Å². The van der Waals surface area contributed by atoms with E-state index in [0.717, 1.165) is 19.6 Å². The van der Waals surface area contributed by atoms with E-state index in [4.69, 9.17) is 0 Å². The van der Waals surface area contributed by atoms with Gasteiger partial charge in [0.1, 0.15) is 0 Å². The van der Waals surface area contributed by atoms with Crippen LogP contribution in [0.5, 0.6) is 0 Å². The van der Waals surface area contributed by atoms with Crippen LogP contribution >= 0.6 is 0 Å². The summed E-state index contributed by atoms with van der Waals surface area (Å²) in [7, 11) is 0. The maximum absolute atomic E-state index is 4.52. The zero-order valence-electron chi connectivity index (χ0n) is 8.62. The number of fused-ring (bicyclic) bond motifs is 1. The second kappa shape index (κ2) is 3.14. The summed E-state index contributed by atoms with van der Waals surface area (Å²) in [6, 6.07) is 0.629. The summed E-state index contributed by atoms with van der Waals surface area (Å²) in [5, 5.41) is 4.52. The lowest BCUT2D eigenvalue weighted by Crippen LogP contribution is -2.25. The summed E-state index contributed by atoms with van der Waals surface area (Å²) in [5.41, 5.74) is 2.69. The number of rotatable bonds is 2. The Morgan fingerprint density at radius 2 is 2.23 bits per heavy atom. The fraction of sp³-hybridized carbons (Fsp3) is 0.700. The van der Waals surface area contributed by atoms with Gasteiger partial charge in [0.15, 0.2) is 0 Å². The molecule has 72 valence electrons. The lowest BCUT2D eigenvalue weighted by molar-refractivity contribution is 0.223. The van der Waals surface area contributed by atoms with Gasteiger partial charge in [-0.1, -0.05) is 0 Å². The fourth-order valence-electron chi connectivity index (χ4n) is 1.76. The third-order valence-electron chi connectivity index (χ3n) is 2.71. The van der Waals surface area contributed by atoms with E-state index in [1.54, 1.807) is 0 Å². The molecule has 0 saturated carbocycles. The van der Waals surface area contributed by atoms with Gasteiger partial charge in [-0.2, -0.15) is 5.10 Å². The van der Waals surface area contributed by atoms with E-state index in [2.05, 4.69) is 37.0 Å². The van der Waals surface area contributed by atoms with Crippen molar-refractivity contribution >= 4 is 0 Å². The van der Waals surface area contributed by atoms with Crippen LogP contribution in [-0.4, -0.2) is 20.7 Å². The molecule has 13 heavy (non-hydrogen) atoms. The van der Waals surface area contributed by atoms with Gasteiger partial charge in [0.2, 0.25) is 0 Å². The molecule has 0 aromatic carbocycles. The van der Waals surface area contributed by atoms with Crippen LogP contribution < -0.4 is 0 Å². The van der Waals surface area contributed by atoms with Crippen molar-refractivity contribution in [2.45, 2.75) is 46.4 Å². The van der Waals surface area contributed by atoms with Crippen molar-refractivity contribution in [1.29, 1.82) is 0 Å². The van der Waals surface area contributed by atoms with Crippen LogP contribution in [0.4, 0.5) is 0 Å². The van der Waals surface area contributed by atoms with E-state index in [0.29, 0.717) is 6.04 Å². The van der Waals surface area contributed by atoms with Gasteiger partial charge in [-0.3, -0.25) is 9.58 Å². The smallest absolute Gasteiger partial charge is 0.0809 e. The van der Waals surface area contributed by atoms with Crippen LogP contribution in [0.15, 0.2) is 6.20 Å². The van der Waals surface area contributed by atoms with Gasteiger partial charge in [-0.25, -0.2) is 0 Å². The van der Waals surface area contributed by atoms with Crippen LogP contribution in [-0.2, 0) is 19.6 Å². The number of hydrogen-bond acceptors (Lipinski definition) is 2. The van der Waals surface area contributed by atoms with Gasteiger partial charge in [0.05, 0.1) is 5.69 Å². The van der Waals surface area contributed by atoms with Gasteiger partial charge in [0, 0.05) is 37.4 Å². The summed E-state index contributed by atoms with van der Waals surface area (Å²) in [5.74, 6) is 0. The monoisotopic (exact) mass is 179 g/mol. The van der Waals surface area contributed by atoms with E-state index in [9.17, 15) is 0 Å². The zero-order chi connectivity index (χ0) is 9.42. The predicted octanol–water partition coefficient (Wildman–Crippen LogP) is 1.63. The highest BCUT2D eigenvalue weighted by Gasteiger charge is 2.23. The minimum atomic E-state index is 0.629. The Labute approximate surface area is 79.3 Å². The SMILES string of the molecule is CCn1cc2c(n1)CN(C(C)C)C2. The quantitative estimate of drug-likeness (QED) is 0.688. The fourth-order valence-corrected chi connectivity index (χ4v) is 1.76. The first-order valence-corrected chi connectivity index (χ1v) is 5.00. The van der Waals surface area contributed by atoms with E-state index in [-0.39, 0.29) is 0 Å². The lowest BCUT2D eigenvalue weighted by atomic mass is 10.3. The normalized spacial score (nSPS) is 16.9. The van der Waals surface area contributed by atoms with Crippen molar-refractivity contribution in [3.05, 3.63) is 17.5 Å². The summed E-state index contributed by atoms with van der Waals surface area (Å²) in [6.07, 6.45) is 2.18. The van der Waals surface area contributed by atoms with Crippen molar-refractivity contribution in [2.24, 2.45) is 0 Å². The molecule has 0 radical (unpaired) electrons. The standard InChI is InChI=1S/C10H17N3/c1-4-13-6-9-5-12(8(2)3)7-10(9)11-13/h6,8H,4-5,7H2,1-3H3. The number of aromatic nitrogens is 2. The van der Waals surface area contributed by atoms with Crippen LogP contribution in [0.3, 0.4) is 0 Å². The van der Waals surface area contributed by atoms with Gasteiger partial charge in [-0.05, 0) is 20.8 Å². The molecule has 0 aliphatic carbocycles. The summed E-state index contributed by atoms with van der Waals surface area (Å²) >= 11 is 0. The molecule has 2 heterocycles. The van der Waals surface area contributed by atoms with E-state index in [1.807, 2.05) is 4.68 Å². The van der Waals surface area contributed by atoms with Crippen molar-refractivity contribution < 1.29 is 0 Å². The molecule has 0 saturated heterocycles. The average molecular weight is 179 g/mol. The first-order valence-electron chi connectivity index (χ1n) is 5.00. The second-order valence-electron chi connectivity index (χ2n) is 3.96. The Balaban J connectivity index is 2.15.